The second kappa shape index (κ2) is 8.84. The summed E-state index contributed by atoms with van der Waals surface area (Å²) in [5, 5.41) is 0. The number of ether oxygens (including phenoxy) is 2. The molecule has 1 rings (SSSR count). The average Bonchev–Trinajstić information content (AvgIpc) is 2.01. The summed E-state index contributed by atoms with van der Waals surface area (Å²) >= 11 is 0. The minimum Gasteiger partial charge on any atom is -0.377 e. The van der Waals surface area contributed by atoms with Gasteiger partial charge in [-0.1, -0.05) is 0 Å². The average molecular weight is 280 g/mol. The summed E-state index contributed by atoms with van der Waals surface area (Å²) < 4.78 is 61.6. The number of hydrogen-bond donors (Lipinski definition) is 2. The molecule has 0 unspecified atom stereocenters. The maximum absolute atomic E-state index is 9.19. The van der Waals surface area contributed by atoms with Crippen LogP contribution in [0.2, 0.25) is 0 Å². The Morgan fingerprint density at radius 2 is 0.875 bits per heavy atom. The molecule has 8 nitrogen and oxygen atoms in total. The monoisotopic (exact) mass is 280 g/mol. The van der Waals surface area contributed by atoms with E-state index in [-0.39, 0.29) is 0 Å². The van der Waals surface area contributed by atoms with Gasteiger partial charge < -0.3 is 9.47 Å². The van der Waals surface area contributed by atoms with Gasteiger partial charge in [-0.05, 0) is 0 Å². The summed E-state index contributed by atoms with van der Waals surface area (Å²) in [6, 6.07) is 0. The van der Waals surface area contributed by atoms with Crippen LogP contribution in [0.25, 0.3) is 0 Å². The highest BCUT2D eigenvalue weighted by Crippen LogP contribution is 1.85. The van der Waals surface area contributed by atoms with Crippen LogP contribution < -0.4 is 0 Å². The smallest absolute Gasteiger partial charge is 0.261 e. The Morgan fingerprint density at radius 3 is 0.938 bits per heavy atom. The molecule has 1 saturated heterocycles. The second-order valence-electron chi connectivity index (χ2n) is 2.69. The predicted octanol–water partition coefficient (Wildman–Crippen LogP) is -0.959. The van der Waals surface area contributed by atoms with Gasteiger partial charge in [0.25, 0.3) is 20.2 Å². The minimum atomic E-state index is -3.67. The molecule has 1 aliphatic rings. The first-order valence-corrected chi connectivity index (χ1v) is 7.70. The fourth-order valence-corrected chi connectivity index (χ4v) is 0.440. The van der Waals surface area contributed by atoms with E-state index in [0.29, 0.717) is 12.5 Å². The van der Waals surface area contributed by atoms with Crippen molar-refractivity contribution < 1.29 is 35.4 Å². The fourth-order valence-electron chi connectivity index (χ4n) is 0.440. The van der Waals surface area contributed by atoms with Crippen LogP contribution in [0.1, 0.15) is 0 Å². The van der Waals surface area contributed by atoms with Crippen molar-refractivity contribution in [2.45, 2.75) is 0 Å². The summed E-state index contributed by atoms with van der Waals surface area (Å²) in [5.74, 6) is 0. The first-order chi connectivity index (χ1) is 7.00. The molecule has 16 heavy (non-hydrogen) atoms. The maximum atomic E-state index is 9.19. The molecule has 0 aromatic rings. The quantitative estimate of drug-likeness (QED) is 0.543. The van der Waals surface area contributed by atoms with E-state index in [1.54, 1.807) is 0 Å². The molecular formula is C6H16O8S2. The molecular weight excluding hydrogens is 264 g/mol. The Kier molecular flexibility index (Phi) is 10.0. The lowest BCUT2D eigenvalue weighted by atomic mass is 10.6. The van der Waals surface area contributed by atoms with Crippen LogP contribution in [0.3, 0.4) is 0 Å². The van der Waals surface area contributed by atoms with Gasteiger partial charge in [0.1, 0.15) is 0 Å². The van der Waals surface area contributed by atoms with Gasteiger partial charge in [-0.15, -0.1) is 0 Å². The summed E-state index contributed by atoms with van der Waals surface area (Å²) in [6.45, 7) is 3.11. The van der Waals surface area contributed by atoms with Gasteiger partial charge in [-0.3, -0.25) is 9.11 Å². The van der Waals surface area contributed by atoms with Crippen LogP contribution in [0, 0.1) is 0 Å². The Hall–Kier alpha value is -0.260. The molecule has 0 radical (unpaired) electrons. The van der Waals surface area contributed by atoms with Crippen LogP contribution in [0.5, 0.6) is 0 Å². The van der Waals surface area contributed by atoms with Crippen molar-refractivity contribution >= 4 is 20.2 Å². The van der Waals surface area contributed by atoms with Gasteiger partial charge in [-0.25, -0.2) is 0 Å². The Labute approximate surface area is 95.1 Å². The molecule has 0 aliphatic carbocycles. The molecule has 0 aromatic carbocycles. The second-order valence-corrected chi connectivity index (χ2v) is 5.62. The zero-order chi connectivity index (χ0) is 13.2. The standard InChI is InChI=1S/C4H8O2.2CH4O3S/c1-2-6-4-3-5-1;2*1-5(2,3)4/h1-4H2;2*1H3,(H,2,3,4). The summed E-state index contributed by atoms with van der Waals surface area (Å²) in [7, 11) is -7.33. The van der Waals surface area contributed by atoms with Crippen molar-refractivity contribution in [2.75, 3.05) is 38.9 Å². The van der Waals surface area contributed by atoms with E-state index in [2.05, 4.69) is 0 Å². The van der Waals surface area contributed by atoms with Crippen LogP contribution >= 0.6 is 0 Å². The van der Waals surface area contributed by atoms with E-state index in [1.165, 1.54) is 0 Å². The normalized spacial score (nSPS) is 16.2. The van der Waals surface area contributed by atoms with Crippen LogP contribution in [-0.2, 0) is 29.7 Å². The minimum absolute atomic E-state index is 0.715. The topological polar surface area (TPSA) is 127 Å². The molecule has 0 saturated carbocycles. The zero-order valence-electron chi connectivity index (χ0n) is 8.99. The highest BCUT2D eigenvalue weighted by Gasteiger charge is 1.94. The van der Waals surface area contributed by atoms with Gasteiger partial charge in [-0.2, -0.15) is 16.8 Å². The molecule has 0 spiro atoms. The lowest BCUT2D eigenvalue weighted by molar-refractivity contribution is -0.0334. The Balaban J connectivity index is 0. The molecule has 1 heterocycles. The third-order valence-corrected chi connectivity index (χ3v) is 0.744. The molecule has 0 amide bonds. The molecule has 10 heteroatoms. The number of rotatable bonds is 0. The van der Waals surface area contributed by atoms with E-state index in [9.17, 15) is 16.8 Å². The lowest BCUT2D eigenvalue weighted by Crippen LogP contribution is -2.16. The number of hydrogen-bond acceptors (Lipinski definition) is 6. The third kappa shape index (κ3) is 67.7. The van der Waals surface area contributed by atoms with Gasteiger partial charge in [0, 0.05) is 0 Å². The Bertz CT molecular complexity index is 281. The summed E-state index contributed by atoms with van der Waals surface area (Å²) in [6.07, 6.45) is 1.43. The van der Waals surface area contributed by atoms with E-state index in [0.717, 1.165) is 26.4 Å². The van der Waals surface area contributed by atoms with Gasteiger partial charge >= 0.3 is 0 Å². The molecule has 100 valence electrons. The molecule has 0 atom stereocenters. The van der Waals surface area contributed by atoms with Gasteiger partial charge in [0.15, 0.2) is 0 Å². The highest BCUT2D eigenvalue weighted by molar-refractivity contribution is 7.85. The fraction of sp³-hybridized carbons (Fsp3) is 1.00. The molecule has 1 fully saturated rings. The van der Waals surface area contributed by atoms with Crippen molar-refractivity contribution in [1.29, 1.82) is 0 Å². The molecule has 0 bridgehead atoms. The zero-order valence-corrected chi connectivity index (χ0v) is 10.6. The molecule has 2 N–H and O–H groups in total. The predicted molar refractivity (Wildman–Crippen MR) is 56.6 cm³/mol. The van der Waals surface area contributed by atoms with Crippen molar-refractivity contribution in [3.8, 4) is 0 Å². The van der Waals surface area contributed by atoms with Crippen molar-refractivity contribution in [3.63, 3.8) is 0 Å². The Morgan fingerprint density at radius 1 is 0.750 bits per heavy atom. The summed E-state index contributed by atoms with van der Waals surface area (Å²) in [4.78, 5) is 0. The van der Waals surface area contributed by atoms with Crippen molar-refractivity contribution in [3.05, 3.63) is 0 Å². The van der Waals surface area contributed by atoms with E-state index < -0.39 is 20.2 Å². The maximum Gasteiger partial charge on any atom is 0.261 e. The largest absolute Gasteiger partial charge is 0.377 e. The lowest BCUT2D eigenvalue weighted by Gasteiger charge is -2.09. The van der Waals surface area contributed by atoms with Crippen molar-refractivity contribution in [1.82, 2.24) is 0 Å². The molecule has 0 aromatic heterocycles. The van der Waals surface area contributed by atoms with Crippen LogP contribution in [-0.4, -0.2) is 64.9 Å². The van der Waals surface area contributed by atoms with E-state index in [1.807, 2.05) is 0 Å². The summed E-state index contributed by atoms with van der Waals surface area (Å²) in [5.41, 5.74) is 0. The van der Waals surface area contributed by atoms with Crippen LogP contribution in [0.15, 0.2) is 0 Å². The van der Waals surface area contributed by atoms with E-state index >= 15 is 0 Å². The van der Waals surface area contributed by atoms with Gasteiger partial charge in [0.2, 0.25) is 0 Å². The van der Waals surface area contributed by atoms with Crippen molar-refractivity contribution in [2.24, 2.45) is 0 Å². The van der Waals surface area contributed by atoms with Gasteiger partial charge in [0.05, 0.1) is 38.9 Å². The first-order valence-electron chi connectivity index (χ1n) is 4.00. The SMILES string of the molecule is C1COCCO1.CS(=O)(=O)O.CS(=O)(=O)O. The highest BCUT2D eigenvalue weighted by atomic mass is 32.2. The third-order valence-electron chi connectivity index (χ3n) is 0.744. The molecule has 1 aliphatic heterocycles. The van der Waals surface area contributed by atoms with E-state index in [4.69, 9.17) is 18.6 Å². The first kappa shape index (κ1) is 18.1. The van der Waals surface area contributed by atoms with Crippen LogP contribution in [0.4, 0.5) is 0 Å².